The van der Waals surface area contributed by atoms with Gasteiger partial charge in [-0.3, -0.25) is 4.79 Å². The second kappa shape index (κ2) is 4.94. The van der Waals surface area contributed by atoms with Crippen molar-refractivity contribution >= 4 is 5.91 Å². The lowest BCUT2D eigenvalue weighted by molar-refractivity contribution is -0.120. The highest BCUT2D eigenvalue weighted by molar-refractivity contribution is 5.80. The number of nitrogens with one attached hydrogen (secondary N) is 1. The molecule has 1 heterocycles. The first-order valence-electron chi connectivity index (χ1n) is 5.63. The summed E-state index contributed by atoms with van der Waals surface area (Å²) in [6.45, 7) is 7.47. The Balaban J connectivity index is 2.38. The smallest absolute Gasteiger partial charge is 0.235 e. The van der Waals surface area contributed by atoms with E-state index < -0.39 is 0 Å². The zero-order chi connectivity index (χ0) is 11.5. The van der Waals surface area contributed by atoms with Gasteiger partial charge < -0.3 is 16.0 Å². The predicted octanol–water partition coefficient (Wildman–Crippen LogP) is 0.182. The van der Waals surface area contributed by atoms with Crippen molar-refractivity contribution in [3.8, 4) is 0 Å². The summed E-state index contributed by atoms with van der Waals surface area (Å²) in [5.74, 6) is -0.262. The molecule has 4 heteroatoms. The van der Waals surface area contributed by atoms with Gasteiger partial charge in [0.15, 0.2) is 0 Å². The van der Waals surface area contributed by atoms with Crippen molar-refractivity contribution in [2.75, 3.05) is 26.7 Å². The molecule has 1 aliphatic rings. The van der Waals surface area contributed by atoms with E-state index in [9.17, 15) is 4.79 Å². The third kappa shape index (κ3) is 3.80. The molecule has 1 atom stereocenters. The van der Waals surface area contributed by atoms with Crippen LogP contribution in [-0.2, 0) is 4.79 Å². The van der Waals surface area contributed by atoms with Crippen LogP contribution in [0.4, 0.5) is 0 Å². The van der Waals surface area contributed by atoms with Crippen LogP contribution in [0.25, 0.3) is 0 Å². The Kier molecular flexibility index (Phi) is 4.11. The number of amides is 1. The Morgan fingerprint density at radius 2 is 2.00 bits per heavy atom. The maximum Gasteiger partial charge on any atom is 0.235 e. The van der Waals surface area contributed by atoms with Crippen molar-refractivity contribution < 1.29 is 4.79 Å². The minimum Gasteiger partial charge on any atom is -0.368 e. The number of likely N-dealkylation sites (tertiary alicyclic amines) is 1. The molecule has 1 unspecified atom stereocenters. The number of piperidine rings is 1. The van der Waals surface area contributed by atoms with Crippen molar-refractivity contribution in [3.05, 3.63) is 0 Å². The largest absolute Gasteiger partial charge is 0.368 e. The van der Waals surface area contributed by atoms with E-state index in [1.165, 1.54) is 12.8 Å². The van der Waals surface area contributed by atoms with Crippen molar-refractivity contribution in [1.29, 1.82) is 0 Å². The first kappa shape index (κ1) is 12.5. The maximum absolute atomic E-state index is 11.1. The highest BCUT2D eigenvalue weighted by Crippen LogP contribution is 2.29. The number of hydrogen-bond donors (Lipinski definition) is 2. The molecule has 0 aromatic rings. The van der Waals surface area contributed by atoms with Crippen LogP contribution < -0.4 is 11.1 Å². The monoisotopic (exact) mass is 213 g/mol. The topological polar surface area (TPSA) is 58.4 Å². The third-order valence-electron chi connectivity index (χ3n) is 3.34. The van der Waals surface area contributed by atoms with E-state index >= 15 is 0 Å². The standard InChI is InChI=1S/C11H23N3O/c1-11(2)4-6-14(7-5-11)8-9(13-3)10(12)15/h9,13H,4-8H2,1-3H3,(H2,12,15). The van der Waals surface area contributed by atoms with Gasteiger partial charge in [-0.15, -0.1) is 0 Å². The summed E-state index contributed by atoms with van der Waals surface area (Å²) in [5.41, 5.74) is 5.75. The Labute approximate surface area is 92.2 Å². The van der Waals surface area contributed by atoms with Gasteiger partial charge in [-0.2, -0.15) is 0 Å². The van der Waals surface area contributed by atoms with E-state index in [-0.39, 0.29) is 11.9 Å². The molecule has 0 aromatic carbocycles. The molecular weight excluding hydrogens is 190 g/mol. The fourth-order valence-electron chi connectivity index (χ4n) is 1.92. The molecule has 1 saturated heterocycles. The average Bonchev–Trinajstić information content (AvgIpc) is 2.15. The van der Waals surface area contributed by atoms with E-state index in [0.717, 1.165) is 19.6 Å². The quantitative estimate of drug-likeness (QED) is 0.700. The number of primary amides is 1. The minimum atomic E-state index is -0.262. The van der Waals surface area contributed by atoms with Gasteiger partial charge in [0.25, 0.3) is 0 Å². The molecule has 88 valence electrons. The third-order valence-corrected chi connectivity index (χ3v) is 3.34. The van der Waals surface area contributed by atoms with Gasteiger partial charge in [0.1, 0.15) is 0 Å². The van der Waals surface area contributed by atoms with Crippen LogP contribution in [0.3, 0.4) is 0 Å². The lowest BCUT2D eigenvalue weighted by Gasteiger charge is -2.37. The molecule has 1 amide bonds. The molecule has 0 spiro atoms. The molecule has 0 aliphatic carbocycles. The summed E-state index contributed by atoms with van der Waals surface area (Å²) >= 11 is 0. The summed E-state index contributed by atoms with van der Waals surface area (Å²) in [6.07, 6.45) is 2.39. The van der Waals surface area contributed by atoms with Crippen molar-refractivity contribution in [2.45, 2.75) is 32.7 Å². The van der Waals surface area contributed by atoms with E-state index in [2.05, 4.69) is 24.1 Å². The van der Waals surface area contributed by atoms with Gasteiger partial charge in [-0.05, 0) is 38.4 Å². The molecule has 3 N–H and O–H groups in total. The van der Waals surface area contributed by atoms with Gasteiger partial charge in [-0.25, -0.2) is 0 Å². The first-order valence-corrected chi connectivity index (χ1v) is 5.63. The SMILES string of the molecule is CNC(CN1CCC(C)(C)CC1)C(N)=O. The second-order valence-corrected chi connectivity index (χ2v) is 5.21. The maximum atomic E-state index is 11.1. The average molecular weight is 213 g/mol. The van der Waals surface area contributed by atoms with Crippen LogP contribution in [0, 0.1) is 5.41 Å². The minimum absolute atomic E-state index is 0.216. The lowest BCUT2D eigenvalue weighted by atomic mass is 9.82. The number of carbonyl (C=O) groups is 1. The highest BCUT2D eigenvalue weighted by Gasteiger charge is 2.27. The number of nitrogens with two attached hydrogens (primary N) is 1. The molecule has 0 radical (unpaired) electrons. The van der Waals surface area contributed by atoms with Crippen LogP contribution in [0.15, 0.2) is 0 Å². The highest BCUT2D eigenvalue weighted by atomic mass is 16.1. The molecule has 1 aliphatic heterocycles. The van der Waals surface area contributed by atoms with Crippen LogP contribution in [-0.4, -0.2) is 43.5 Å². The summed E-state index contributed by atoms with van der Waals surface area (Å²) in [6, 6.07) is -0.216. The Hall–Kier alpha value is -0.610. The summed E-state index contributed by atoms with van der Waals surface area (Å²) in [5, 5.41) is 2.95. The zero-order valence-electron chi connectivity index (χ0n) is 10.0. The molecule has 4 nitrogen and oxygen atoms in total. The second-order valence-electron chi connectivity index (χ2n) is 5.21. The van der Waals surface area contributed by atoms with Crippen LogP contribution in [0.2, 0.25) is 0 Å². The van der Waals surface area contributed by atoms with Crippen LogP contribution in [0.1, 0.15) is 26.7 Å². The zero-order valence-corrected chi connectivity index (χ0v) is 10.0. The van der Waals surface area contributed by atoms with Crippen molar-refractivity contribution in [3.63, 3.8) is 0 Å². The molecule has 1 rings (SSSR count). The van der Waals surface area contributed by atoms with Crippen molar-refractivity contribution in [2.24, 2.45) is 11.1 Å². The van der Waals surface area contributed by atoms with Crippen LogP contribution >= 0.6 is 0 Å². The summed E-state index contributed by atoms with van der Waals surface area (Å²) < 4.78 is 0. The van der Waals surface area contributed by atoms with Crippen molar-refractivity contribution in [1.82, 2.24) is 10.2 Å². The van der Waals surface area contributed by atoms with Gasteiger partial charge in [0.2, 0.25) is 5.91 Å². The molecule has 0 aromatic heterocycles. The Morgan fingerprint density at radius 1 is 1.47 bits per heavy atom. The molecular formula is C11H23N3O. The number of hydrogen-bond acceptors (Lipinski definition) is 3. The summed E-state index contributed by atoms with van der Waals surface area (Å²) in [7, 11) is 1.78. The van der Waals surface area contributed by atoms with Crippen LogP contribution in [0.5, 0.6) is 0 Å². The van der Waals surface area contributed by atoms with E-state index in [1.807, 2.05) is 0 Å². The number of carbonyl (C=O) groups excluding carboxylic acids is 1. The predicted molar refractivity (Wildman–Crippen MR) is 61.5 cm³/mol. The van der Waals surface area contributed by atoms with E-state index in [1.54, 1.807) is 7.05 Å². The molecule has 0 saturated carbocycles. The lowest BCUT2D eigenvalue weighted by Crippen LogP contribution is -2.50. The van der Waals surface area contributed by atoms with Gasteiger partial charge >= 0.3 is 0 Å². The number of rotatable bonds is 4. The van der Waals surface area contributed by atoms with Gasteiger partial charge in [0, 0.05) is 6.54 Å². The van der Waals surface area contributed by atoms with E-state index in [4.69, 9.17) is 5.73 Å². The number of likely N-dealkylation sites (N-methyl/N-ethyl adjacent to an activating group) is 1. The molecule has 1 fully saturated rings. The molecule has 0 bridgehead atoms. The van der Waals surface area contributed by atoms with Gasteiger partial charge in [0.05, 0.1) is 6.04 Å². The normalized spacial score (nSPS) is 23.7. The fourth-order valence-corrected chi connectivity index (χ4v) is 1.92. The Morgan fingerprint density at radius 3 is 2.40 bits per heavy atom. The Bertz CT molecular complexity index is 218. The van der Waals surface area contributed by atoms with E-state index in [0.29, 0.717) is 5.41 Å². The fraction of sp³-hybridized carbons (Fsp3) is 0.909. The number of nitrogens with zero attached hydrogens (tertiary/aromatic N) is 1. The van der Waals surface area contributed by atoms with Gasteiger partial charge in [-0.1, -0.05) is 13.8 Å². The summed E-state index contributed by atoms with van der Waals surface area (Å²) in [4.78, 5) is 13.4. The molecule has 15 heavy (non-hydrogen) atoms. The first-order chi connectivity index (χ1) is 6.94.